The summed E-state index contributed by atoms with van der Waals surface area (Å²) in [7, 11) is 2.04. The molecule has 0 aromatic heterocycles. The molecule has 17 heavy (non-hydrogen) atoms. The van der Waals surface area contributed by atoms with Crippen LogP contribution in [-0.2, 0) is 4.74 Å². The molecule has 1 aromatic rings. The van der Waals surface area contributed by atoms with Gasteiger partial charge in [-0.1, -0.05) is 18.2 Å². The number of para-hydroxylation sites is 1. The van der Waals surface area contributed by atoms with Crippen LogP contribution in [-0.4, -0.2) is 32.8 Å². The SMILES string of the molecule is CCOC(=O)NCCCN(C)c1ccccc1. The van der Waals surface area contributed by atoms with Crippen LogP contribution in [0.4, 0.5) is 10.5 Å². The summed E-state index contributed by atoms with van der Waals surface area (Å²) >= 11 is 0. The van der Waals surface area contributed by atoms with Gasteiger partial charge in [0.15, 0.2) is 0 Å². The first kappa shape index (κ1) is 13.4. The van der Waals surface area contributed by atoms with E-state index >= 15 is 0 Å². The van der Waals surface area contributed by atoms with E-state index in [1.807, 2.05) is 25.2 Å². The van der Waals surface area contributed by atoms with E-state index in [0.717, 1.165) is 13.0 Å². The Hall–Kier alpha value is -1.71. The number of hydrogen-bond acceptors (Lipinski definition) is 3. The van der Waals surface area contributed by atoms with Gasteiger partial charge in [0.05, 0.1) is 6.61 Å². The lowest BCUT2D eigenvalue weighted by Crippen LogP contribution is -2.28. The van der Waals surface area contributed by atoms with Crippen molar-refractivity contribution in [2.45, 2.75) is 13.3 Å². The maximum Gasteiger partial charge on any atom is 0.407 e. The van der Waals surface area contributed by atoms with Crippen LogP contribution in [0.5, 0.6) is 0 Å². The molecule has 0 fully saturated rings. The molecule has 0 atom stereocenters. The van der Waals surface area contributed by atoms with Gasteiger partial charge in [-0.25, -0.2) is 4.79 Å². The van der Waals surface area contributed by atoms with Gasteiger partial charge in [-0.3, -0.25) is 0 Å². The lowest BCUT2D eigenvalue weighted by Gasteiger charge is -2.19. The van der Waals surface area contributed by atoms with Crippen molar-refractivity contribution in [2.75, 3.05) is 31.6 Å². The lowest BCUT2D eigenvalue weighted by molar-refractivity contribution is 0.152. The van der Waals surface area contributed by atoms with Crippen LogP contribution in [0.25, 0.3) is 0 Å². The van der Waals surface area contributed by atoms with Gasteiger partial charge in [-0.2, -0.15) is 0 Å². The number of carbonyl (C=O) groups excluding carboxylic acids is 1. The van der Waals surface area contributed by atoms with Crippen molar-refractivity contribution in [2.24, 2.45) is 0 Å². The molecule has 1 rings (SSSR count). The van der Waals surface area contributed by atoms with E-state index in [0.29, 0.717) is 13.2 Å². The summed E-state index contributed by atoms with van der Waals surface area (Å²) in [6.07, 6.45) is 0.555. The number of hydrogen-bond donors (Lipinski definition) is 1. The van der Waals surface area contributed by atoms with E-state index < -0.39 is 0 Å². The van der Waals surface area contributed by atoms with Gasteiger partial charge in [0.2, 0.25) is 0 Å². The first-order chi connectivity index (χ1) is 8.24. The summed E-state index contributed by atoms with van der Waals surface area (Å²) in [6, 6.07) is 10.2. The number of amides is 1. The van der Waals surface area contributed by atoms with Crippen LogP contribution >= 0.6 is 0 Å². The second-order valence-corrected chi connectivity index (χ2v) is 3.76. The molecule has 0 saturated carbocycles. The van der Waals surface area contributed by atoms with Crippen molar-refractivity contribution in [3.05, 3.63) is 30.3 Å². The van der Waals surface area contributed by atoms with E-state index in [4.69, 9.17) is 4.74 Å². The monoisotopic (exact) mass is 236 g/mol. The zero-order valence-corrected chi connectivity index (χ0v) is 10.5. The molecule has 0 heterocycles. The predicted molar refractivity (Wildman–Crippen MR) is 69.4 cm³/mol. The molecular weight excluding hydrogens is 216 g/mol. The van der Waals surface area contributed by atoms with Crippen LogP contribution in [0.15, 0.2) is 30.3 Å². The second kappa shape index (κ2) is 7.54. The first-order valence-corrected chi connectivity index (χ1v) is 5.91. The van der Waals surface area contributed by atoms with Gasteiger partial charge in [0.1, 0.15) is 0 Å². The molecule has 0 saturated heterocycles. The summed E-state index contributed by atoms with van der Waals surface area (Å²) in [5.41, 5.74) is 1.18. The number of ether oxygens (including phenoxy) is 1. The molecule has 4 heteroatoms. The van der Waals surface area contributed by atoms with E-state index in [2.05, 4.69) is 22.3 Å². The molecule has 0 radical (unpaired) electrons. The van der Waals surface area contributed by atoms with Gasteiger partial charge in [0, 0.05) is 25.8 Å². The highest BCUT2D eigenvalue weighted by Crippen LogP contribution is 2.10. The highest BCUT2D eigenvalue weighted by atomic mass is 16.5. The molecule has 1 aromatic carbocycles. The molecule has 1 N–H and O–H groups in total. The van der Waals surface area contributed by atoms with Gasteiger partial charge in [-0.15, -0.1) is 0 Å². The normalized spacial score (nSPS) is 9.76. The number of anilines is 1. The minimum Gasteiger partial charge on any atom is -0.450 e. The van der Waals surface area contributed by atoms with Gasteiger partial charge < -0.3 is 15.0 Å². The van der Waals surface area contributed by atoms with E-state index in [9.17, 15) is 4.79 Å². The van der Waals surface area contributed by atoms with Crippen LogP contribution in [0.3, 0.4) is 0 Å². The number of nitrogens with one attached hydrogen (secondary N) is 1. The Morgan fingerprint density at radius 1 is 1.35 bits per heavy atom. The molecule has 0 aliphatic heterocycles. The van der Waals surface area contributed by atoms with Crippen LogP contribution in [0.2, 0.25) is 0 Å². The number of carbonyl (C=O) groups is 1. The minimum atomic E-state index is -0.338. The van der Waals surface area contributed by atoms with Crippen molar-refractivity contribution < 1.29 is 9.53 Å². The Morgan fingerprint density at radius 3 is 2.71 bits per heavy atom. The molecule has 0 bridgehead atoms. The van der Waals surface area contributed by atoms with Crippen molar-refractivity contribution in [3.8, 4) is 0 Å². The summed E-state index contributed by atoms with van der Waals surface area (Å²) in [4.78, 5) is 13.2. The molecule has 0 aliphatic carbocycles. The maximum absolute atomic E-state index is 11.0. The van der Waals surface area contributed by atoms with Crippen LogP contribution in [0.1, 0.15) is 13.3 Å². The summed E-state index contributed by atoms with van der Waals surface area (Å²) in [5, 5.41) is 2.70. The fraction of sp³-hybridized carbons (Fsp3) is 0.462. The summed E-state index contributed by atoms with van der Waals surface area (Å²) < 4.78 is 4.77. The van der Waals surface area contributed by atoms with Gasteiger partial charge in [-0.05, 0) is 25.5 Å². The summed E-state index contributed by atoms with van der Waals surface area (Å²) in [6.45, 7) is 3.74. The fourth-order valence-corrected chi connectivity index (χ4v) is 1.50. The third-order valence-electron chi connectivity index (χ3n) is 2.41. The summed E-state index contributed by atoms with van der Waals surface area (Å²) in [5.74, 6) is 0. The Bertz CT molecular complexity index is 327. The predicted octanol–water partition coefficient (Wildman–Crippen LogP) is 2.26. The molecule has 4 nitrogen and oxygen atoms in total. The van der Waals surface area contributed by atoms with Crippen molar-refractivity contribution in [3.63, 3.8) is 0 Å². The second-order valence-electron chi connectivity index (χ2n) is 3.76. The zero-order chi connectivity index (χ0) is 12.5. The topological polar surface area (TPSA) is 41.6 Å². The third kappa shape index (κ3) is 5.24. The minimum absolute atomic E-state index is 0.338. The number of benzene rings is 1. The van der Waals surface area contributed by atoms with Crippen LogP contribution < -0.4 is 10.2 Å². The van der Waals surface area contributed by atoms with E-state index in [1.54, 1.807) is 6.92 Å². The lowest BCUT2D eigenvalue weighted by atomic mass is 10.3. The Morgan fingerprint density at radius 2 is 2.06 bits per heavy atom. The van der Waals surface area contributed by atoms with E-state index in [-0.39, 0.29) is 6.09 Å². The Kier molecular flexibility index (Phi) is 5.93. The molecule has 1 amide bonds. The number of alkyl carbamates (subject to hydrolysis) is 1. The Balaban J connectivity index is 2.17. The highest BCUT2D eigenvalue weighted by molar-refractivity contribution is 5.66. The molecule has 0 spiro atoms. The quantitative estimate of drug-likeness (QED) is 0.770. The van der Waals surface area contributed by atoms with Crippen molar-refractivity contribution in [1.29, 1.82) is 0 Å². The van der Waals surface area contributed by atoms with E-state index in [1.165, 1.54) is 5.69 Å². The van der Waals surface area contributed by atoms with Gasteiger partial charge in [0.25, 0.3) is 0 Å². The first-order valence-electron chi connectivity index (χ1n) is 5.91. The standard InChI is InChI=1S/C13H20N2O2/c1-3-17-13(16)14-10-7-11-15(2)12-8-5-4-6-9-12/h4-6,8-9H,3,7,10-11H2,1-2H3,(H,14,16). The smallest absolute Gasteiger partial charge is 0.407 e. The average Bonchev–Trinajstić information content (AvgIpc) is 2.36. The molecular formula is C13H20N2O2. The number of nitrogens with zero attached hydrogens (tertiary/aromatic N) is 1. The number of rotatable bonds is 6. The van der Waals surface area contributed by atoms with Crippen molar-refractivity contribution in [1.82, 2.24) is 5.32 Å². The zero-order valence-electron chi connectivity index (χ0n) is 10.5. The van der Waals surface area contributed by atoms with Gasteiger partial charge >= 0.3 is 6.09 Å². The van der Waals surface area contributed by atoms with Crippen molar-refractivity contribution >= 4 is 11.8 Å². The van der Waals surface area contributed by atoms with Crippen LogP contribution in [0, 0.1) is 0 Å². The highest BCUT2D eigenvalue weighted by Gasteiger charge is 2.01. The maximum atomic E-state index is 11.0. The third-order valence-corrected chi connectivity index (χ3v) is 2.41. The molecule has 0 aliphatic rings. The average molecular weight is 236 g/mol. The Labute approximate surface area is 103 Å². The molecule has 0 unspecified atom stereocenters. The largest absolute Gasteiger partial charge is 0.450 e. The fourth-order valence-electron chi connectivity index (χ4n) is 1.50. The molecule has 94 valence electrons.